The lowest BCUT2D eigenvalue weighted by atomic mass is 10.1. The van der Waals surface area contributed by atoms with Crippen LogP contribution in [-0.4, -0.2) is 29.2 Å². The Bertz CT molecular complexity index is 353. The van der Waals surface area contributed by atoms with Gasteiger partial charge in [-0.05, 0) is 20.8 Å². The van der Waals surface area contributed by atoms with E-state index in [9.17, 15) is 0 Å². The van der Waals surface area contributed by atoms with Crippen LogP contribution >= 0.6 is 0 Å². The Hall–Kier alpha value is -1.40. The van der Waals surface area contributed by atoms with Gasteiger partial charge in [-0.3, -0.25) is 0 Å². The third-order valence-corrected chi connectivity index (χ3v) is 2.23. The van der Waals surface area contributed by atoms with E-state index < -0.39 is 0 Å². The van der Waals surface area contributed by atoms with Crippen molar-refractivity contribution in [3.8, 4) is 0 Å². The largest absolute Gasteiger partial charge is 0.377 e. The number of nitrogens with zero attached hydrogens (tertiary/aromatic N) is 2. The number of hydrogen-bond acceptors (Lipinski definition) is 6. The lowest BCUT2D eigenvalue weighted by Crippen LogP contribution is -2.32. The number of hydrazine groups is 1. The first kappa shape index (κ1) is 12.7. The van der Waals surface area contributed by atoms with E-state index in [1.54, 1.807) is 13.2 Å². The van der Waals surface area contributed by atoms with E-state index in [-0.39, 0.29) is 5.60 Å². The summed E-state index contributed by atoms with van der Waals surface area (Å²) in [5, 5.41) is 3.18. The van der Waals surface area contributed by atoms with Crippen molar-refractivity contribution >= 4 is 11.6 Å². The molecule has 0 saturated carbocycles. The Labute approximate surface area is 95.6 Å². The average Bonchev–Trinajstić information content (AvgIpc) is 2.26. The minimum atomic E-state index is -0.241. The van der Waals surface area contributed by atoms with Crippen molar-refractivity contribution in [1.29, 1.82) is 0 Å². The Morgan fingerprint density at radius 1 is 1.38 bits per heavy atom. The number of aryl methyl sites for hydroxylation is 1. The van der Waals surface area contributed by atoms with E-state index in [4.69, 9.17) is 10.6 Å². The quantitative estimate of drug-likeness (QED) is 0.510. The number of aromatic nitrogens is 2. The normalized spacial score (nSPS) is 11.3. The van der Waals surface area contributed by atoms with Crippen LogP contribution in [0.3, 0.4) is 0 Å². The number of rotatable bonds is 5. The molecule has 90 valence electrons. The first-order valence-electron chi connectivity index (χ1n) is 5.08. The van der Waals surface area contributed by atoms with Crippen LogP contribution in [-0.2, 0) is 4.74 Å². The number of methoxy groups -OCH3 is 1. The minimum absolute atomic E-state index is 0.241. The van der Waals surface area contributed by atoms with Gasteiger partial charge < -0.3 is 15.5 Å². The zero-order valence-corrected chi connectivity index (χ0v) is 10.2. The molecular formula is C10H19N5O. The predicted octanol–water partition coefficient (Wildman–Crippen LogP) is 0.908. The molecule has 0 aliphatic carbocycles. The zero-order chi connectivity index (χ0) is 12.2. The molecule has 1 aromatic heterocycles. The van der Waals surface area contributed by atoms with Crippen molar-refractivity contribution < 1.29 is 4.74 Å². The summed E-state index contributed by atoms with van der Waals surface area (Å²) in [4.78, 5) is 8.34. The summed E-state index contributed by atoms with van der Waals surface area (Å²) >= 11 is 0. The fraction of sp³-hybridized carbons (Fsp3) is 0.600. The van der Waals surface area contributed by atoms with E-state index in [1.165, 1.54) is 0 Å². The smallest absolute Gasteiger partial charge is 0.145 e. The van der Waals surface area contributed by atoms with E-state index in [2.05, 4.69) is 20.7 Å². The lowest BCUT2D eigenvalue weighted by Gasteiger charge is -2.23. The summed E-state index contributed by atoms with van der Waals surface area (Å²) < 4.78 is 5.30. The molecule has 6 nitrogen and oxygen atoms in total. The Morgan fingerprint density at radius 3 is 2.56 bits per heavy atom. The van der Waals surface area contributed by atoms with Gasteiger partial charge in [-0.1, -0.05) is 0 Å². The monoisotopic (exact) mass is 225 g/mol. The highest BCUT2D eigenvalue weighted by molar-refractivity contribution is 5.46. The number of nitrogens with one attached hydrogen (secondary N) is 2. The summed E-state index contributed by atoms with van der Waals surface area (Å²) in [6.07, 6.45) is 0. The standard InChI is InChI=1S/C10H19N5O/c1-7-13-8(5-9(14-7)15-11)12-6-10(2,3)16-4/h5H,6,11H2,1-4H3,(H2,12,13,14,15). The van der Waals surface area contributed by atoms with Crippen LogP contribution < -0.4 is 16.6 Å². The second-order valence-electron chi connectivity index (χ2n) is 4.15. The second kappa shape index (κ2) is 5.09. The number of anilines is 2. The third kappa shape index (κ3) is 3.63. The Morgan fingerprint density at radius 2 is 2.00 bits per heavy atom. The van der Waals surface area contributed by atoms with E-state index in [0.717, 1.165) is 5.82 Å². The SMILES string of the molecule is COC(C)(C)CNc1cc(NN)nc(C)n1. The zero-order valence-electron chi connectivity index (χ0n) is 10.2. The van der Waals surface area contributed by atoms with Crippen LogP contribution in [0.15, 0.2) is 6.07 Å². The van der Waals surface area contributed by atoms with Gasteiger partial charge in [0.15, 0.2) is 0 Å². The summed E-state index contributed by atoms with van der Waals surface area (Å²) in [5.74, 6) is 7.28. The molecule has 0 aliphatic rings. The highest BCUT2D eigenvalue weighted by atomic mass is 16.5. The number of nitrogen functional groups attached to an aromatic ring is 1. The molecule has 0 bridgehead atoms. The van der Waals surface area contributed by atoms with Gasteiger partial charge in [0.1, 0.15) is 17.5 Å². The fourth-order valence-electron chi connectivity index (χ4n) is 1.11. The molecule has 6 heteroatoms. The molecule has 0 aliphatic heterocycles. The van der Waals surface area contributed by atoms with Gasteiger partial charge in [-0.25, -0.2) is 15.8 Å². The van der Waals surface area contributed by atoms with Gasteiger partial charge >= 0.3 is 0 Å². The van der Waals surface area contributed by atoms with Crippen LogP contribution in [0.4, 0.5) is 11.6 Å². The topological polar surface area (TPSA) is 85.1 Å². The molecule has 0 atom stereocenters. The molecule has 4 N–H and O–H groups in total. The van der Waals surface area contributed by atoms with E-state index in [0.29, 0.717) is 18.2 Å². The van der Waals surface area contributed by atoms with Gasteiger partial charge in [0.2, 0.25) is 0 Å². The van der Waals surface area contributed by atoms with Crippen LogP contribution in [0.25, 0.3) is 0 Å². The van der Waals surface area contributed by atoms with Crippen LogP contribution in [0.5, 0.6) is 0 Å². The first-order valence-corrected chi connectivity index (χ1v) is 5.08. The molecular weight excluding hydrogens is 206 g/mol. The van der Waals surface area contributed by atoms with Crippen molar-refractivity contribution in [3.63, 3.8) is 0 Å². The molecule has 0 unspecified atom stereocenters. The summed E-state index contributed by atoms with van der Waals surface area (Å²) in [6, 6.07) is 1.75. The van der Waals surface area contributed by atoms with Crippen LogP contribution in [0, 0.1) is 6.92 Å². The van der Waals surface area contributed by atoms with Gasteiger partial charge in [0, 0.05) is 19.7 Å². The second-order valence-corrected chi connectivity index (χ2v) is 4.15. The average molecular weight is 225 g/mol. The Kier molecular flexibility index (Phi) is 4.03. The summed E-state index contributed by atoms with van der Waals surface area (Å²) in [5.41, 5.74) is 2.26. The molecule has 0 saturated heterocycles. The maximum absolute atomic E-state index is 5.30. The van der Waals surface area contributed by atoms with Gasteiger partial charge in [-0.2, -0.15) is 0 Å². The molecule has 0 fully saturated rings. The maximum atomic E-state index is 5.30. The predicted molar refractivity (Wildman–Crippen MR) is 64.2 cm³/mol. The summed E-state index contributed by atoms with van der Waals surface area (Å²) in [7, 11) is 1.68. The maximum Gasteiger partial charge on any atom is 0.145 e. The first-order chi connectivity index (χ1) is 7.46. The molecule has 16 heavy (non-hydrogen) atoms. The number of hydrogen-bond donors (Lipinski definition) is 3. The van der Waals surface area contributed by atoms with Crippen molar-refractivity contribution in [2.45, 2.75) is 26.4 Å². The number of nitrogens with two attached hydrogens (primary N) is 1. The number of ether oxygens (including phenoxy) is 1. The van der Waals surface area contributed by atoms with Crippen molar-refractivity contribution in [2.24, 2.45) is 5.84 Å². The third-order valence-electron chi connectivity index (χ3n) is 2.23. The summed E-state index contributed by atoms with van der Waals surface area (Å²) in [6.45, 7) is 6.46. The highest BCUT2D eigenvalue weighted by Gasteiger charge is 2.16. The Balaban J connectivity index is 2.70. The van der Waals surface area contributed by atoms with Crippen molar-refractivity contribution in [1.82, 2.24) is 9.97 Å². The molecule has 1 aromatic rings. The lowest BCUT2D eigenvalue weighted by molar-refractivity contribution is 0.0343. The van der Waals surface area contributed by atoms with Gasteiger partial charge in [-0.15, -0.1) is 0 Å². The molecule has 1 heterocycles. The van der Waals surface area contributed by atoms with Crippen LogP contribution in [0.1, 0.15) is 19.7 Å². The molecule has 0 amide bonds. The molecule has 0 spiro atoms. The fourth-order valence-corrected chi connectivity index (χ4v) is 1.11. The van der Waals surface area contributed by atoms with E-state index >= 15 is 0 Å². The molecule has 0 radical (unpaired) electrons. The van der Waals surface area contributed by atoms with Gasteiger partial charge in [0.25, 0.3) is 0 Å². The van der Waals surface area contributed by atoms with E-state index in [1.807, 2.05) is 20.8 Å². The van der Waals surface area contributed by atoms with Crippen molar-refractivity contribution in [2.75, 3.05) is 24.4 Å². The minimum Gasteiger partial charge on any atom is -0.377 e. The molecule has 1 rings (SSSR count). The van der Waals surface area contributed by atoms with Gasteiger partial charge in [0.05, 0.1) is 5.60 Å². The van der Waals surface area contributed by atoms with Crippen LogP contribution in [0.2, 0.25) is 0 Å². The van der Waals surface area contributed by atoms with Crippen molar-refractivity contribution in [3.05, 3.63) is 11.9 Å². The highest BCUT2D eigenvalue weighted by Crippen LogP contribution is 2.13. The molecule has 0 aromatic carbocycles.